The van der Waals surface area contributed by atoms with Gasteiger partial charge < -0.3 is 9.80 Å². The molecule has 1 aliphatic rings. The Balaban J connectivity index is 1.22. The zero-order valence-electron chi connectivity index (χ0n) is 18.6. The van der Waals surface area contributed by atoms with Crippen LogP contribution in [-0.2, 0) is 16.4 Å². The molecule has 0 saturated carbocycles. The van der Waals surface area contributed by atoms with Crippen molar-refractivity contribution in [1.82, 2.24) is 10.2 Å². The lowest BCUT2D eigenvalue weighted by molar-refractivity contribution is -0.282. The molecule has 0 bridgehead atoms. The highest BCUT2D eigenvalue weighted by Gasteiger charge is 2.18. The first-order valence-corrected chi connectivity index (χ1v) is 11.9. The first-order chi connectivity index (χ1) is 16.3. The van der Waals surface area contributed by atoms with E-state index < -0.39 is 0 Å². The van der Waals surface area contributed by atoms with Crippen LogP contribution in [0.15, 0.2) is 78.9 Å². The van der Waals surface area contributed by atoms with E-state index in [0.717, 1.165) is 52.9 Å². The Morgan fingerprint density at radius 1 is 0.697 bits per heavy atom. The monoisotopic (exact) mass is 458 g/mol. The van der Waals surface area contributed by atoms with Crippen molar-refractivity contribution in [1.29, 1.82) is 0 Å². The maximum atomic E-state index is 4.97. The summed E-state index contributed by atoms with van der Waals surface area (Å²) in [6.45, 7) is 4.51. The van der Waals surface area contributed by atoms with Crippen LogP contribution in [-0.4, -0.2) is 43.5 Å². The van der Waals surface area contributed by atoms with Crippen LogP contribution in [0.5, 0.6) is 0 Å². The van der Waals surface area contributed by atoms with Crippen LogP contribution >= 0.6 is 11.3 Å². The molecular weight excluding hydrogens is 432 g/mol. The Bertz CT molecular complexity index is 1160. The number of anilines is 2. The molecule has 0 atom stereocenters. The van der Waals surface area contributed by atoms with Crippen LogP contribution in [0.2, 0.25) is 0 Å². The number of hydrogen-bond donors (Lipinski definition) is 0. The zero-order chi connectivity index (χ0) is 22.5. The van der Waals surface area contributed by atoms with Gasteiger partial charge in [0.15, 0.2) is 0 Å². The fraction of sp³-hybridized carbons (Fsp3) is 0.231. The summed E-state index contributed by atoms with van der Waals surface area (Å²) in [6.07, 6.45) is 0. The minimum absolute atomic E-state index is 0.422. The quantitative estimate of drug-likeness (QED) is 0.278. The van der Waals surface area contributed by atoms with Crippen molar-refractivity contribution >= 4 is 22.7 Å². The third-order valence-electron chi connectivity index (χ3n) is 5.85. The average molecular weight is 459 g/mol. The molecule has 33 heavy (non-hydrogen) atoms. The van der Waals surface area contributed by atoms with Crippen LogP contribution in [0, 0.1) is 0 Å². The maximum Gasteiger partial charge on any atom is 0.148 e. The van der Waals surface area contributed by atoms with Crippen molar-refractivity contribution in [3.05, 3.63) is 84.4 Å². The van der Waals surface area contributed by atoms with Crippen LogP contribution < -0.4 is 9.80 Å². The lowest BCUT2D eigenvalue weighted by Gasteiger charge is -2.37. The number of para-hydroxylation sites is 1. The Morgan fingerprint density at radius 2 is 1.21 bits per heavy atom. The SMILES string of the molecule is COOCc1ccc(-c2nnc(-c3ccc(N4CCN(c5ccccc5)CC4)cc3)s2)cc1. The van der Waals surface area contributed by atoms with Gasteiger partial charge in [0, 0.05) is 48.7 Å². The molecule has 1 aliphatic heterocycles. The summed E-state index contributed by atoms with van der Waals surface area (Å²) in [5, 5.41) is 10.7. The number of piperazine rings is 1. The van der Waals surface area contributed by atoms with Gasteiger partial charge in [-0.05, 0) is 42.0 Å². The molecule has 3 aromatic carbocycles. The summed E-state index contributed by atoms with van der Waals surface area (Å²) in [4.78, 5) is 14.5. The van der Waals surface area contributed by atoms with Gasteiger partial charge in [-0.15, -0.1) is 10.2 Å². The molecule has 0 amide bonds. The van der Waals surface area contributed by atoms with Crippen molar-refractivity contribution in [2.75, 3.05) is 43.1 Å². The molecule has 0 unspecified atom stereocenters. The summed E-state index contributed by atoms with van der Waals surface area (Å²) in [5.41, 5.74) is 5.75. The second kappa shape index (κ2) is 10.1. The second-order valence-corrected chi connectivity index (χ2v) is 8.87. The van der Waals surface area contributed by atoms with Gasteiger partial charge in [-0.3, -0.25) is 0 Å². The van der Waals surface area contributed by atoms with E-state index in [2.05, 4.69) is 79.5 Å². The highest BCUT2D eigenvalue weighted by Crippen LogP contribution is 2.31. The van der Waals surface area contributed by atoms with E-state index in [1.54, 1.807) is 11.3 Å². The highest BCUT2D eigenvalue weighted by atomic mass is 32.1. The van der Waals surface area contributed by atoms with Gasteiger partial charge in [0.1, 0.15) is 16.6 Å². The smallest absolute Gasteiger partial charge is 0.148 e. The van der Waals surface area contributed by atoms with Crippen molar-refractivity contribution in [2.24, 2.45) is 0 Å². The lowest BCUT2D eigenvalue weighted by Crippen LogP contribution is -2.46. The molecule has 1 aromatic heterocycles. The molecule has 2 heterocycles. The summed E-state index contributed by atoms with van der Waals surface area (Å²) in [6, 6.07) is 27.4. The van der Waals surface area contributed by atoms with E-state index in [4.69, 9.17) is 4.89 Å². The number of hydrogen-bond acceptors (Lipinski definition) is 7. The zero-order valence-corrected chi connectivity index (χ0v) is 19.4. The molecule has 0 radical (unpaired) electrons. The number of aromatic nitrogens is 2. The van der Waals surface area contributed by atoms with Crippen molar-refractivity contribution in [2.45, 2.75) is 6.61 Å². The Morgan fingerprint density at radius 3 is 1.76 bits per heavy atom. The molecule has 168 valence electrons. The molecule has 6 nitrogen and oxygen atoms in total. The molecule has 7 heteroatoms. The van der Waals surface area contributed by atoms with Gasteiger partial charge in [-0.1, -0.05) is 53.8 Å². The summed E-state index contributed by atoms with van der Waals surface area (Å²) in [5.74, 6) is 0. The van der Waals surface area contributed by atoms with Gasteiger partial charge in [0.25, 0.3) is 0 Å². The van der Waals surface area contributed by atoms with E-state index in [1.165, 1.54) is 18.5 Å². The standard InChI is InChI=1S/C26H26N4O2S/c1-31-32-19-20-7-9-21(10-8-20)25-27-28-26(33-25)22-11-13-24(14-12-22)30-17-15-29(16-18-30)23-5-3-2-4-6-23/h2-14H,15-19H2,1H3. The minimum atomic E-state index is 0.422. The van der Waals surface area contributed by atoms with Crippen LogP contribution in [0.3, 0.4) is 0 Å². The molecule has 0 aliphatic carbocycles. The normalized spacial score (nSPS) is 14.0. The predicted molar refractivity (Wildman–Crippen MR) is 133 cm³/mol. The van der Waals surface area contributed by atoms with Crippen molar-refractivity contribution in [3.8, 4) is 21.1 Å². The first-order valence-electron chi connectivity index (χ1n) is 11.0. The fourth-order valence-electron chi connectivity index (χ4n) is 4.00. The Kier molecular flexibility index (Phi) is 6.62. The van der Waals surface area contributed by atoms with E-state index in [0.29, 0.717) is 6.61 Å². The lowest BCUT2D eigenvalue weighted by atomic mass is 10.1. The largest absolute Gasteiger partial charge is 0.368 e. The van der Waals surface area contributed by atoms with Crippen LogP contribution in [0.25, 0.3) is 21.1 Å². The molecule has 4 aromatic rings. The molecule has 0 N–H and O–H groups in total. The summed E-state index contributed by atoms with van der Waals surface area (Å²) < 4.78 is 0. The van der Waals surface area contributed by atoms with Crippen LogP contribution in [0.1, 0.15) is 5.56 Å². The predicted octanol–water partition coefficient (Wildman–Crippen LogP) is 5.28. The minimum Gasteiger partial charge on any atom is -0.368 e. The van der Waals surface area contributed by atoms with Crippen molar-refractivity contribution in [3.63, 3.8) is 0 Å². The molecule has 1 saturated heterocycles. The number of rotatable bonds is 7. The molecule has 5 rings (SSSR count). The van der Waals surface area contributed by atoms with Gasteiger partial charge >= 0.3 is 0 Å². The number of nitrogens with zero attached hydrogens (tertiary/aromatic N) is 4. The molecule has 1 fully saturated rings. The first kappa shape index (κ1) is 21.6. The van der Waals surface area contributed by atoms with E-state index in [-0.39, 0.29) is 0 Å². The third-order valence-corrected chi connectivity index (χ3v) is 6.87. The van der Waals surface area contributed by atoms with Gasteiger partial charge in [0.05, 0.1) is 7.11 Å². The topological polar surface area (TPSA) is 50.7 Å². The van der Waals surface area contributed by atoms with E-state index in [9.17, 15) is 0 Å². The maximum absolute atomic E-state index is 4.97. The van der Waals surface area contributed by atoms with Crippen molar-refractivity contribution < 1.29 is 9.78 Å². The second-order valence-electron chi connectivity index (χ2n) is 7.89. The van der Waals surface area contributed by atoms with Gasteiger partial charge in [-0.2, -0.15) is 0 Å². The number of benzene rings is 3. The van der Waals surface area contributed by atoms with Crippen LogP contribution in [0.4, 0.5) is 11.4 Å². The van der Waals surface area contributed by atoms with E-state index >= 15 is 0 Å². The highest BCUT2D eigenvalue weighted by molar-refractivity contribution is 7.17. The third kappa shape index (κ3) is 5.06. The summed E-state index contributed by atoms with van der Waals surface area (Å²) in [7, 11) is 1.51. The van der Waals surface area contributed by atoms with E-state index in [1.807, 2.05) is 24.3 Å². The fourth-order valence-corrected chi connectivity index (χ4v) is 4.86. The average Bonchev–Trinajstić information content (AvgIpc) is 3.39. The summed E-state index contributed by atoms with van der Waals surface area (Å²) >= 11 is 1.60. The van der Waals surface area contributed by atoms with Gasteiger partial charge in [0.2, 0.25) is 0 Å². The van der Waals surface area contributed by atoms with Gasteiger partial charge in [-0.25, -0.2) is 9.78 Å². The Labute approximate surface area is 198 Å². The molecule has 0 spiro atoms. The molecular formula is C26H26N4O2S. The Hall–Kier alpha value is -3.26.